The van der Waals surface area contributed by atoms with Gasteiger partial charge in [0.2, 0.25) is 0 Å². The van der Waals surface area contributed by atoms with Crippen LogP contribution < -0.4 is 5.73 Å². The van der Waals surface area contributed by atoms with E-state index < -0.39 is 5.97 Å². The zero-order valence-corrected chi connectivity index (χ0v) is 7.68. The molecule has 1 aromatic carbocycles. The first-order valence-electron chi connectivity index (χ1n) is 4.25. The second-order valence-electron chi connectivity index (χ2n) is 2.85. The summed E-state index contributed by atoms with van der Waals surface area (Å²) in [6.07, 6.45) is 1.70. The van der Waals surface area contributed by atoms with E-state index in [9.17, 15) is 4.79 Å². The van der Waals surface area contributed by atoms with E-state index in [0.29, 0.717) is 12.2 Å². The van der Waals surface area contributed by atoms with Crippen LogP contribution in [0.15, 0.2) is 29.3 Å². The van der Waals surface area contributed by atoms with E-state index in [1.807, 2.05) is 12.1 Å². The third-order valence-electron chi connectivity index (χ3n) is 1.63. The molecule has 0 aliphatic carbocycles. The second-order valence-corrected chi connectivity index (χ2v) is 2.85. The van der Waals surface area contributed by atoms with Crippen molar-refractivity contribution in [3.05, 3.63) is 29.8 Å². The Bertz CT molecular complexity index is 330. The summed E-state index contributed by atoms with van der Waals surface area (Å²) in [7, 11) is 0. The molecule has 0 unspecified atom stereocenters. The van der Waals surface area contributed by atoms with Crippen molar-refractivity contribution in [2.24, 2.45) is 4.99 Å². The second kappa shape index (κ2) is 5.01. The molecule has 0 atom stereocenters. The van der Waals surface area contributed by atoms with Crippen molar-refractivity contribution in [2.75, 3.05) is 12.3 Å². The summed E-state index contributed by atoms with van der Waals surface area (Å²) in [5.74, 6) is -0.834. The summed E-state index contributed by atoms with van der Waals surface area (Å²) in [5.41, 5.74) is 7.12. The molecule has 0 heterocycles. The summed E-state index contributed by atoms with van der Waals surface area (Å²) >= 11 is 0. The smallest absolute Gasteiger partial charge is 0.305 e. The number of rotatable bonds is 4. The highest BCUT2D eigenvalue weighted by molar-refractivity contribution is 5.80. The number of carboxylic acids is 1. The van der Waals surface area contributed by atoms with Gasteiger partial charge >= 0.3 is 5.97 Å². The van der Waals surface area contributed by atoms with E-state index in [0.717, 1.165) is 5.56 Å². The van der Waals surface area contributed by atoms with Crippen molar-refractivity contribution in [1.82, 2.24) is 0 Å². The van der Waals surface area contributed by atoms with Crippen LogP contribution in [0.4, 0.5) is 5.69 Å². The summed E-state index contributed by atoms with van der Waals surface area (Å²) in [6, 6.07) is 7.22. The number of carbonyl (C=O) groups is 1. The van der Waals surface area contributed by atoms with Crippen molar-refractivity contribution in [1.29, 1.82) is 0 Å². The molecule has 0 saturated heterocycles. The number of anilines is 1. The minimum absolute atomic E-state index is 0.0610. The largest absolute Gasteiger partial charge is 0.481 e. The van der Waals surface area contributed by atoms with Crippen LogP contribution in [-0.2, 0) is 4.79 Å². The van der Waals surface area contributed by atoms with Crippen LogP contribution in [0.2, 0.25) is 0 Å². The Kier molecular flexibility index (Phi) is 3.67. The lowest BCUT2D eigenvalue weighted by atomic mass is 10.2. The van der Waals surface area contributed by atoms with Crippen LogP contribution in [0.25, 0.3) is 0 Å². The van der Waals surface area contributed by atoms with E-state index in [1.54, 1.807) is 18.3 Å². The van der Waals surface area contributed by atoms with Crippen molar-refractivity contribution in [2.45, 2.75) is 6.42 Å². The van der Waals surface area contributed by atoms with Gasteiger partial charge in [0.1, 0.15) is 0 Å². The number of hydrogen-bond acceptors (Lipinski definition) is 3. The molecule has 0 bridgehead atoms. The van der Waals surface area contributed by atoms with Gasteiger partial charge in [0.05, 0.1) is 6.42 Å². The minimum Gasteiger partial charge on any atom is -0.481 e. The molecule has 14 heavy (non-hydrogen) atoms. The lowest BCUT2D eigenvalue weighted by Crippen LogP contribution is -1.97. The highest BCUT2D eigenvalue weighted by Crippen LogP contribution is 2.02. The highest BCUT2D eigenvalue weighted by Gasteiger charge is 1.92. The van der Waals surface area contributed by atoms with Gasteiger partial charge in [-0.15, -0.1) is 0 Å². The molecule has 1 aromatic rings. The third kappa shape index (κ3) is 3.71. The number of aliphatic carboxylic acids is 1. The third-order valence-corrected chi connectivity index (χ3v) is 1.63. The van der Waals surface area contributed by atoms with Gasteiger partial charge in [-0.3, -0.25) is 9.79 Å². The molecule has 0 radical (unpaired) electrons. The Hall–Kier alpha value is -1.84. The molecule has 0 saturated carbocycles. The van der Waals surface area contributed by atoms with Gasteiger partial charge < -0.3 is 10.8 Å². The molecule has 0 fully saturated rings. The van der Waals surface area contributed by atoms with E-state index in [1.165, 1.54) is 0 Å². The number of nitrogens with two attached hydrogens (primary N) is 1. The average Bonchev–Trinajstić information content (AvgIpc) is 2.15. The Balaban J connectivity index is 2.44. The van der Waals surface area contributed by atoms with Gasteiger partial charge in [-0.2, -0.15) is 0 Å². The molecule has 0 aliphatic rings. The van der Waals surface area contributed by atoms with Gasteiger partial charge in [0.25, 0.3) is 0 Å². The fraction of sp³-hybridized carbons (Fsp3) is 0.200. The summed E-state index contributed by atoms with van der Waals surface area (Å²) in [4.78, 5) is 14.1. The molecule has 1 rings (SSSR count). The fourth-order valence-electron chi connectivity index (χ4n) is 0.912. The summed E-state index contributed by atoms with van der Waals surface area (Å²) < 4.78 is 0. The number of carboxylic acid groups (broad SMARTS) is 1. The number of nitrogen functional groups attached to an aromatic ring is 1. The van der Waals surface area contributed by atoms with Crippen LogP contribution in [0, 0.1) is 0 Å². The first-order chi connectivity index (χ1) is 6.68. The quantitative estimate of drug-likeness (QED) is 0.555. The molecule has 0 amide bonds. The predicted molar refractivity (Wildman–Crippen MR) is 55.6 cm³/mol. The minimum atomic E-state index is -0.834. The fourth-order valence-corrected chi connectivity index (χ4v) is 0.912. The Labute approximate surface area is 82.1 Å². The maximum atomic E-state index is 10.2. The average molecular weight is 192 g/mol. The number of hydrogen-bond donors (Lipinski definition) is 2. The monoisotopic (exact) mass is 192 g/mol. The van der Waals surface area contributed by atoms with Crippen LogP contribution in [-0.4, -0.2) is 23.8 Å². The lowest BCUT2D eigenvalue weighted by Gasteiger charge is -1.94. The van der Waals surface area contributed by atoms with Crippen molar-refractivity contribution >= 4 is 17.9 Å². The molecular weight excluding hydrogens is 180 g/mol. The van der Waals surface area contributed by atoms with Gasteiger partial charge in [-0.05, 0) is 17.7 Å². The summed E-state index contributed by atoms with van der Waals surface area (Å²) in [5, 5.41) is 8.36. The molecule has 0 aromatic heterocycles. The van der Waals surface area contributed by atoms with Gasteiger partial charge in [0.15, 0.2) is 0 Å². The van der Waals surface area contributed by atoms with Crippen LogP contribution in [0.1, 0.15) is 12.0 Å². The lowest BCUT2D eigenvalue weighted by molar-refractivity contribution is -0.136. The Morgan fingerprint density at radius 1 is 1.43 bits per heavy atom. The van der Waals surface area contributed by atoms with Crippen molar-refractivity contribution < 1.29 is 9.90 Å². The van der Waals surface area contributed by atoms with Gasteiger partial charge in [0, 0.05) is 18.4 Å². The molecule has 0 aliphatic heterocycles. The Morgan fingerprint density at radius 3 is 2.64 bits per heavy atom. The molecule has 0 spiro atoms. The molecule has 3 N–H and O–H groups in total. The van der Waals surface area contributed by atoms with E-state index in [2.05, 4.69) is 4.99 Å². The van der Waals surface area contributed by atoms with E-state index in [4.69, 9.17) is 10.8 Å². The van der Waals surface area contributed by atoms with E-state index >= 15 is 0 Å². The maximum absolute atomic E-state index is 10.2. The molecular formula is C10H12N2O2. The van der Waals surface area contributed by atoms with Crippen molar-refractivity contribution in [3.8, 4) is 0 Å². The van der Waals surface area contributed by atoms with E-state index in [-0.39, 0.29) is 6.42 Å². The first-order valence-corrected chi connectivity index (χ1v) is 4.25. The zero-order chi connectivity index (χ0) is 10.4. The molecule has 4 nitrogen and oxygen atoms in total. The zero-order valence-electron chi connectivity index (χ0n) is 7.68. The Morgan fingerprint density at radius 2 is 2.07 bits per heavy atom. The van der Waals surface area contributed by atoms with Crippen LogP contribution in [0.5, 0.6) is 0 Å². The first kappa shape index (κ1) is 10.2. The van der Waals surface area contributed by atoms with Crippen LogP contribution >= 0.6 is 0 Å². The number of benzene rings is 1. The van der Waals surface area contributed by atoms with Gasteiger partial charge in [-0.1, -0.05) is 12.1 Å². The SMILES string of the molecule is Nc1ccc(C=NCCC(=O)O)cc1. The summed E-state index contributed by atoms with van der Waals surface area (Å²) in [6.45, 7) is 0.305. The normalized spacial score (nSPS) is 10.6. The van der Waals surface area contributed by atoms with Crippen LogP contribution in [0.3, 0.4) is 0 Å². The molecule has 74 valence electrons. The van der Waals surface area contributed by atoms with Crippen molar-refractivity contribution in [3.63, 3.8) is 0 Å². The predicted octanol–water partition coefficient (Wildman–Crippen LogP) is 1.16. The number of aliphatic imine (C=N–C) groups is 1. The topological polar surface area (TPSA) is 75.7 Å². The standard InChI is InChI=1S/C10H12N2O2/c11-9-3-1-8(2-4-9)7-12-6-5-10(13)14/h1-4,7H,5-6,11H2,(H,13,14). The molecule has 4 heteroatoms. The van der Waals surface area contributed by atoms with Gasteiger partial charge in [-0.25, -0.2) is 0 Å². The highest BCUT2D eigenvalue weighted by atomic mass is 16.4. The maximum Gasteiger partial charge on any atom is 0.305 e. The number of nitrogens with zero attached hydrogens (tertiary/aromatic N) is 1.